The molecule has 3 unspecified atom stereocenters. The quantitative estimate of drug-likeness (QED) is 0.729. The van der Waals surface area contributed by atoms with Crippen LogP contribution in [0.15, 0.2) is 18.2 Å². The van der Waals surface area contributed by atoms with E-state index in [1.165, 1.54) is 11.1 Å². The number of methoxy groups -OCH3 is 1. The maximum atomic E-state index is 5.59. The molecule has 2 heteroatoms. The van der Waals surface area contributed by atoms with Crippen LogP contribution in [-0.2, 0) is 10.2 Å². The Labute approximate surface area is 123 Å². The first-order chi connectivity index (χ1) is 9.36. The predicted octanol–water partition coefficient (Wildman–Crippen LogP) is 4.66. The van der Waals surface area contributed by atoms with Gasteiger partial charge >= 0.3 is 0 Å². The first-order valence-electron chi connectivity index (χ1n) is 7.70. The van der Waals surface area contributed by atoms with Crippen LogP contribution in [0.2, 0.25) is 0 Å². The van der Waals surface area contributed by atoms with E-state index >= 15 is 0 Å². The Balaban J connectivity index is 2.26. The number of epoxide rings is 1. The Kier molecular flexibility index (Phi) is 4.43. The van der Waals surface area contributed by atoms with E-state index < -0.39 is 0 Å². The molecule has 2 nitrogen and oxygen atoms in total. The van der Waals surface area contributed by atoms with E-state index in [-0.39, 0.29) is 5.41 Å². The summed E-state index contributed by atoms with van der Waals surface area (Å²) >= 11 is 0. The number of hydrogen-bond acceptors (Lipinski definition) is 2. The summed E-state index contributed by atoms with van der Waals surface area (Å²) in [7, 11) is 1.75. The molecule has 0 radical (unpaired) electrons. The third kappa shape index (κ3) is 3.35. The SMILES string of the molecule is CCC(CC1OC1C)c1ccc(OC)c(C(C)(C)C)c1. The number of benzene rings is 1. The Morgan fingerprint density at radius 1 is 1.30 bits per heavy atom. The van der Waals surface area contributed by atoms with E-state index in [1.54, 1.807) is 7.11 Å². The van der Waals surface area contributed by atoms with Gasteiger partial charge in [0.15, 0.2) is 0 Å². The molecule has 0 bridgehead atoms. The van der Waals surface area contributed by atoms with Gasteiger partial charge in [0.1, 0.15) is 5.75 Å². The van der Waals surface area contributed by atoms with E-state index in [1.807, 2.05) is 0 Å². The van der Waals surface area contributed by atoms with Crippen molar-refractivity contribution in [3.8, 4) is 5.75 Å². The molecule has 112 valence electrons. The lowest BCUT2D eigenvalue weighted by atomic mass is 9.82. The topological polar surface area (TPSA) is 21.8 Å². The van der Waals surface area contributed by atoms with Crippen LogP contribution >= 0.6 is 0 Å². The van der Waals surface area contributed by atoms with Crippen LogP contribution in [0.4, 0.5) is 0 Å². The van der Waals surface area contributed by atoms with Crippen LogP contribution in [0.1, 0.15) is 64.5 Å². The van der Waals surface area contributed by atoms with Gasteiger partial charge in [0.2, 0.25) is 0 Å². The lowest BCUT2D eigenvalue weighted by molar-refractivity contribution is 0.357. The second-order valence-corrected chi connectivity index (χ2v) is 6.93. The predicted molar refractivity (Wildman–Crippen MR) is 83.7 cm³/mol. The molecule has 0 aliphatic carbocycles. The Morgan fingerprint density at radius 3 is 2.40 bits per heavy atom. The largest absolute Gasteiger partial charge is 0.496 e. The maximum Gasteiger partial charge on any atom is 0.122 e. The van der Waals surface area contributed by atoms with Gasteiger partial charge in [0.25, 0.3) is 0 Å². The molecule has 0 amide bonds. The number of hydrogen-bond donors (Lipinski definition) is 0. The molecule has 0 spiro atoms. The smallest absolute Gasteiger partial charge is 0.122 e. The zero-order chi connectivity index (χ0) is 14.9. The van der Waals surface area contributed by atoms with E-state index in [9.17, 15) is 0 Å². The van der Waals surface area contributed by atoms with E-state index in [0.29, 0.717) is 18.1 Å². The van der Waals surface area contributed by atoms with Crippen LogP contribution in [0.3, 0.4) is 0 Å². The first kappa shape index (κ1) is 15.4. The molecule has 0 N–H and O–H groups in total. The van der Waals surface area contributed by atoms with Crippen LogP contribution in [0.5, 0.6) is 5.75 Å². The Bertz CT molecular complexity index is 459. The zero-order valence-corrected chi connectivity index (χ0v) is 13.7. The molecule has 0 saturated carbocycles. The van der Waals surface area contributed by atoms with Gasteiger partial charge in [0.05, 0.1) is 19.3 Å². The zero-order valence-electron chi connectivity index (χ0n) is 13.7. The third-order valence-corrected chi connectivity index (χ3v) is 4.35. The van der Waals surface area contributed by atoms with Crippen molar-refractivity contribution in [2.75, 3.05) is 7.11 Å². The number of rotatable bonds is 5. The molecular weight excluding hydrogens is 248 g/mol. The second-order valence-electron chi connectivity index (χ2n) is 6.93. The highest BCUT2D eigenvalue weighted by Gasteiger charge is 2.36. The van der Waals surface area contributed by atoms with Gasteiger partial charge in [0, 0.05) is 0 Å². The molecule has 1 aromatic rings. The van der Waals surface area contributed by atoms with Gasteiger partial charge in [-0.05, 0) is 48.3 Å². The minimum atomic E-state index is 0.100. The fourth-order valence-corrected chi connectivity index (χ4v) is 2.86. The van der Waals surface area contributed by atoms with Crippen molar-refractivity contribution >= 4 is 0 Å². The van der Waals surface area contributed by atoms with E-state index in [0.717, 1.165) is 18.6 Å². The van der Waals surface area contributed by atoms with Gasteiger partial charge in [-0.1, -0.05) is 39.8 Å². The summed E-state index contributed by atoms with van der Waals surface area (Å²) in [5.41, 5.74) is 2.81. The summed E-state index contributed by atoms with van der Waals surface area (Å²) in [4.78, 5) is 0. The van der Waals surface area contributed by atoms with E-state index in [4.69, 9.17) is 9.47 Å². The summed E-state index contributed by atoms with van der Waals surface area (Å²) in [6.07, 6.45) is 3.19. The fraction of sp³-hybridized carbons (Fsp3) is 0.667. The van der Waals surface area contributed by atoms with Crippen molar-refractivity contribution in [2.24, 2.45) is 0 Å². The second kappa shape index (κ2) is 5.77. The molecule has 3 atom stereocenters. The lowest BCUT2D eigenvalue weighted by Gasteiger charge is -2.25. The molecule has 1 aliphatic heterocycles. The summed E-state index contributed by atoms with van der Waals surface area (Å²) in [6, 6.07) is 6.67. The monoisotopic (exact) mass is 276 g/mol. The van der Waals surface area contributed by atoms with Crippen LogP contribution in [0, 0.1) is 0 Å². The summed E-state index contributed by atoms with van der Waals surface area (Å²) in [6.45, 7) is 11.1. The minimum absolute atomic E-state index is 0.100. The summed E-state index contributed by atoms with van der Waals surface area (Å²) < 4.78 is 11.1. The standard InChI is InChI=1S/C18H28O2/c1-7-13(11-17-12(2)20-17)14-8-9-16(19-6)15(10-14)18(3,4)5/h8-10,12-13,17H,7,11H2,1-6H3. The molecule has 1 aromatic carbocycles. The molecule has 2 rings (SSSR count). The van der Waals surface area contributed by atoms with Crippen molar-refractivity contribution in [1.82, 2.24) is 0 Å². The summed E-state index contributed by atoms with van der Waals surface area (Å²) in [5, 5.41) is 0. The maximum absolute atomic E-state index is 5.59. The van der Waals surface area contributed by atoms with Crippen LogP contribution in [0.25, 0.3) is 0 Å². The molecule has 1 heterocycles. The van der Waals surface area contributed by atoms with Gasteiger partial charge in [-0.2, -0.15) is 0 Å². The van der Waals surface area contributed by atoms with E-state index in [2.05, 4.69) is 52.8 Å². The van der Waals surface area contributed by atoms with Crippen molar-refractivity contribution in [3.05, 3.63) is 29.3 Å². The molecule has 0 aromatic heterocycles. The Morgan fingerprint density at radius 2 is 1.95 bits per heavy atom. The van der Waals surface area contributed by atoms with Crippen molar-refractivity contribution in [2.45, 2.75) is 71.0 Å². The van der Waals surface area contributed by atoms with Crippen LogP contribution in [-0.4, -0.2) is 19.3 Å². The molecule has 1 fully saturated rings. The minimum Gasteiger partial charge on any atom is -0.496 e. The fourth-order valence-electron chi connectivity index (χ4n) is 2.86. The van der Waals surface area contributed by atoms with Crippen molar-refractivity contribution < 1.29 is 9.47 Å². The highest BCUT2D eigenvalue weighted by atomic mass is 16.6. The normalized spacial score (nSPS) is 23.5. The lowest BCUT2D eigenvalue weighted by Crippen LogP contribution is -2.14. The molecule has 20 heavy (non-hydrogen) atoms. The summed E-state index contributed by atoms with van der Waals surface area (Å²) in [5.74, 6) is 1.57. The van der Waals surface area contributed by atoms with Crippen molar-refractivity contribution in [3.63, 3.8) is 0 Å². The Hall–Kier alpha value is -1.02. The van der Waals surface area contributed by atoms with Crippen molar-refractivity contribution in [1.29, 1.82) is 0 Å². The first-order valence-corrected chi connectivity index (χ1v) is 7.70. The molecule has 1 aliphatic rings. The molecule has 1 saturated heterocycles. The highest BCUT2D eigenvalue weighted by molar-refractivity contribution is 5.42. The third-order valence-electron chi connectivity index (χ3n) is 4.35. The average molecular weight is 276 g/mol. The molecular formula is C18H28O2. The van der Waals surface area contributed by atoms with Gasteiger partial charge in [-0.15, -0.1) is 0 Å². The van der Waals surface area contributed by atoms with Gasteiger partial charge < -0.3 is 9.47 Å². The average Bonchev–Trinajstić information content (AvgIpc) is 3.10. The van der Waals surface area contributed by atoms with Gasteiger partial charge in [-0.3, -0.25) is 0 Å². The van der Waals surface area contributed by atoms with Gasteiger partial charge in [-0.25, -0.2) is 0 Å². The van der Waals surface area contributed by atoms with Crippen LogP contribution < -0.4 is 4.74 Å². The highest BCUT2D eigenvalue weighted by Crippen LogP contribution is 2.38. The number of ether oxygens (including phenoxy) is 2.